The van der Waals surface area contributed by atoms with Gasteiger partial charge in [0.15, 0.2) is 0 Å². The largest absolute Gasteiger partial charge is 0.282 e. The molecule has 0 amide bonds. The molecule has 3 unspecified atom stereocenters. The molecule has 0 aromatic carbocycles. The van der Waals surface area contributed by atoms with Crippen LogP contribution in [-0.4, -0.2) is 19.6 Å². The van der Waals surface area contributed by atoms with Crippen LogP contribution in [0.15, 0.2) is 0 Å². The van der Waals surface area contributed by atoms with Crippen molar-refractivity contribution in [1.29, 1.82) is 0 Å². The van der Waals surface area contributed by atoms with Crippen LogP contribution in [0.25, 0.3) is 0 Å². The zero-order valence-electron chi connectivity index (χ0n) is 7.82. The average molecular weight is 258 g/mol. The molecule has 0 aliphatic rings. The van der Waals surface area contributed by atoms with Crippen molar-refractivity contribution >= 4 is 24.0 Å². The number of nitrogen functional groups attached to an aromatic ring is 4. The van der Waals surface area contributed by atoms with E-state index in [4.69, 9.17) is 27.2 Å². The molecule has 14 heavy (non-hydrogen) atoms. The third-order valence-corrected chi connectivity index (χ3v) is 6.80. The van der Waals surface area contributed by atoms with E-state index in [1.165, 1.54) is 8.46 Å². The lowest BCUT2D eigenvalue weighted by atomic mass is 10.5. The van der Waals surface area contributed by atoms with Crippen molar-refractivity contribution < 1.29 is 4.84 Å². The van der Waals surface area contributed by atoms with Gasteiger partial charge >= 0.3 is 0 Å². The summed E-state index contributed by atoms with van der Waals surface area (Å²) < 4.78 is 6.87. The van der Waals surface area contributed by atoms with E-state index in [-0.39, 0.29) is 0 Å². The highest BCUT2D eigenvalue weighted by Crippen LogP contribution is 2.30. The Labute approximate surface area is 84.8 Å². The molecule has 0 spiro atoms. The van der Waals surface area contributed by atoms with Gasteiger partial charge < -0.3 is 0 Å². The molecule has 1 aromatic heterocycles. The van der Waals surface area contributed by atoms with Crippen molar-refractivity contribution in [1.82, 2.24) is 13.0 Å². The van der Waals surface area contributed by atoms with Gasteiger partial charge in [-0.2, -0.15) is 0 Å². The molecule has 0 saturated carbocycles. The Balaban J connectivity index is 3.09. The van der Waals surface area contributed by atoms with Crippen molar-refractivity contribution in [3.05, 3.63) is 0 Å². The number of nitrogens with two attached hydrogens (primary N) is 4. The third kappa shape index (κ3) is 2.57. The number of hydrogen-bond donors (Lipinski definition) is 4. The minimum absolute atomic E-state index is 0.553. The minimum atomic E-state index is -1.27. The second-order valence-corrected chi connectivity index (χ2v) is 7.31. The summed E-state index contributed by atoms with van der Waals surface area (Å²) in [6, 6.07) is 0. The summed E-state index contributed by atoms with van der Waals surface area (Å²) in [5.74, 6) is 5.63. The maximum Gasteiger partial charge on any atom is 0.282 e. The molecule has 0 fully saturated rings. The molecule has 1 rings (SSSR count). The van der Waals surface area contributed by atoms with Crippen molar-refractivity contribution in [3.8, 4) is 0 Å². The summed E-state index contributed by atoms with van der Waals surface area (Å²) >= 11 is 0. The van der Waals surface area contributed by atoms with Crippen molar-refractivity contribution in [2.24, 2.45) is 0 Å². The molecule has 0 saturated heterocycles. The van der Waals surface area contributed by atoms with Gasteiger partial charge in [-0.3, -0.25) is 0 Å². The SMILES string of the molecule is CCCOn1p(N)n(N)p(N)n[p+]1N. The van der Waals surface area contributed by atoms with Gasteiger partial charge in [0.25, 0.3) is 24.0 Å². The summed E-state index contributed by atoms with van der Waals surface area (Å²) in [7, 11) is -3.77. The van der Waals surface area contributed by atoms with Crippen molar-refractivity contribution in [2.75, 3.05) is 29.0 Å². The van der Waals surface area contributed by atoms with E-state index >= 15 is 0 Å². The molecule has 0 bridgehead atoms. The van der Waals surface area contributed by atoms with Gasteiger partial charge in [-0.05, 0) is 15.2 Å². The van der Waals surface area contributed by atoms with E-state index < -0.39 is 24.0 Å². The van der Waals surface area contributed by atoms with Crippen LogP contribution in [0, 0.1) is 0 Å². The fraction of sp³-hybridized carbons (Fsp3) is 1.00. The quantitative estimate of drug-likeness (QED) is 0.551. The topological polar surface area (TPSA) is 136 Å². The molecule has 0 aliphatic heterocycles. The predicted octanol–water partition coefficient (Wildman–Crippen LogP) is -0.256. The first-order valence-electron chi connectivity index (χ1n) is 3.91. The Morgan fingerprint density at radius 2 is 2.14 bits per heavy atom. The second-order valence-electron chi connectivity index (χ2n) is 2.46. The molecule has 11 heteroatoms. The number of hydrogen-bond acceptors (Lipinski definition) is 6. The zero-order valence-corrected chi connectivity index (χ0v) is 10.5. The van der Waals surface area contributed by atoms with E-state index in [9.17, 15) is 0 Å². The zero-order chi connectivity index (χ0) is 10.7. The highest BCUT2D eigenvalue weighted by atomic mass is 31.2. The third-order valence-electron chi connectivity index (χ3n) is 1.36. The lowest BCUT2D eigenvalue weighted by molar-refractivity contribution is 0.154. The highest BCUT2D eigenvalue weighted by molar-refractivity contribution is 7.63. The fourth-order valence-electron chi connectivity index (χ4n) is 0.727. The molecule has 82 valence electrons. The van der Waals surface area contributed by atoms with E-state index in [1.807, 2.05) is 6.92 Å². The predicted molar refractivity (Wildman–Crippen MR) is 62.7 cm³/mol. The van der Waals surface area contributed by atoms with Crippen molar-refractivity contribution in [3.63, 3.8) is 0 Å². The Morgan fingerprint density at radius 3 is 2.71 bits per heavy atom. The Morgan fingerprint density at radius 1 is 1.50 bits per heavy atom. The minimum Gasteiger partial charge on any atom is -0.236 e. The number of aromatic nitrogens is 3. The lowest BCUT2D eigenvalue weighted by Gasteiger charge is -2.08. The van der Waals surface area contributed by atoms with E-state index in [1.54, 1.807) is 0 Å². The molecule has 8 nitrogen and oxygen atoms in total. The van der Waals surface area contributed by atoms with Crippen LogP contribution in [0.1, 0.15) is 13.3 Å². The maximum atomic E-state index is 5.82. The molecular weight excluding hydrogens is 243 g/mol. The molecule has 1 heterocycles. The Bertz CT molecular complexity index is 345. The Hall–Kier alpha value is 0.1000. The van der Waals surface area contributed by atoms with Crippen LogP contribution in [0.4, 0.5) is 0 Å². The molecule has 3 atom stereocenters. The summed E-state index contributed by atoms with van der Waals surface area (Å²) in [4.78, 5) is 5.36. The molecule has 8 N–H and O–H groups in total. The summed E-state index contributed by atoms with van der Waals surface area (Å²) in [5.41, 5.74) is 17.2. The highest BCUT2D eigenvalue weighted by Gasteiger charge is 2.16. The van der Waals surface area contributed by atoms with E-state index in [0.717, 1.165) is 6.42 Å². The van der Waals surface area contributed by atoms with Crippen LogP contribution in [-0.2, 0) is 0 Å². The van der Waals surface area contributed by atoms with Crippen LogP contribution in [0.2, 0.25) is 0 Å². The average Bonchev–Trinajstić information content (AvgIpc) is 2.14. The summed E-state index contributed by atoms with van der Waals surface area (Å²) in [5, 5.41) is 0. The van der Waals surface area contributed by atoms with Crippen LogP contribution < -0.4 is 27.2 Å². The van der Waals surface area contributed by atoms with Crippen LogP contribution in [0.3, 0.4) is 0 Å². The van der Waals surface area contributed by atoms with E-state index in [0.29, 0.717) is 6.61 Å². The van der Waals surface area contributed by atoms with Gasteiger partial charge in [-0.15, -0.1) is 0 Å². The van der Waals surface area contributed by atoms with Gasteiger partial charge in [0, 0.05) is 0 Å². The molecule has 0 aliphatic carbocycles. The number of nitrogens with zero attached hydrogens (tertiary/aromatic N) is 3. The molecule has 1 aromatic rings. The summed E-state index contributed by atoms with van der Waals surface area (Å²) in [6.07, 6.45) is 0.880. The van der Waals surface area contributed by atoms with Crippen molar-refractivity contribution in [2.45, 2.75) is 13.3 Å². The smallest absolute Gasteiger partial charge is 0.236 e. The van der Waals surface area contributed by atoms with Crippen LogP contribution in [0.5, 0.6) is 0 Å². The van der Waals surface area contributed by atoms with E-state index in [2.05, 4.69) is 4.51 Å². The van der Waals surface area contributed by atoms with Gasteiger partial charge in [-0.25, -0.2) is 27.2 Å². The van der Waals surface area contributed by atoms with Gasteiger partial charge in [-0.1, -0.05) is 11.1 Å². The summed E-state index contributed by atoms with van der Waals surface area (Å²) in [6.45, 7) is 2.55. The normalized spacial score (nSPS) is 14.5. The lowest BCUT2D eigenvalue weighted by Crippen LogP contribution is -2.22. The molecular formula is C3H15N7OP3+. The first-order chi connectivity index (χ1) is 6.57. The molecule has 0 radical (unpaired) electrons. The van der Waals surface area contributed by atoms with Gasteiger partial charge in [0.1, 0.15) is 0 Å². The standard InChI is InChI=1S/C3H15N7OP3/c1-2-3-11-10-13(6)8-12(5)9(4)14(10)7/h2-4,7H2,1H3,(H4,5,6,8)/q+1. The van der Waals surface area contributed by atoms with Gasteiger partial charge in [0.2, 0.25) is 0 Å². The maximum absolute atomic E-state index is 5.82. The Kier molecular flexibility index (Phi) is 4.57. The monoisotopic (exact) mass is 258 g/mol. The van der Waals surface area contributed by atoms with Crippen LogP contribution >= 0.6 is 24.0 Å². The first kappa shape index (κ1) is 12.2. The number of rotatable bonds is 3. The van der Waals surface area contributed by atoms with Gasteiger partial charge in [0.05, 0.1) is 6.61 Å². The fourth-order valence-corrected chi connectivity index (χ4v) is 5.45. The second kappa shape index (κ2) is 5.26. The first-order valence-corrected chi connectivity index (χ1v) is 7.86.